The van der Waals surface area contributed by atoms with Crippen molar-refractivity contribution in [2.45, 2.75) is 40.2 Å². The normalized spacial score (nSPS) is 20.0. The van der Waals surface area contributed by atoms with Gasteiger partial charge in [-0.15, -0.1) is 0 Å². The molecule has 3 rings (SSSR count). The van der Waals surface area contributed by atoms with E-state index in [4.69, 9.17) is 5.73 Å². The highest BCUT2D eigenvalue weighted by molar-refractivity contribution is 5.96. The molecule has 1 saturated heterocycles. The van der Waals surface area contributed by atoms with Crippen LogP contribution in [0.4, 0.5) is 0 Å². The molecule has 140 valence electrons. The van der Waals surface area contributed by atoms with E-state index in [0.29, 0.717) is 18.7 Å². The Morgan fingerprint density at radius 2 is 1.92 bits per heavy atom. The van der Waals surface area contributed by atoms with E-state index in [0.717, 1.165) is 29.2 Å². The monoisotopic (exact) mass is 357 g/mol. The second kappa shape index (κ2) is 6.63. The molecule has 0 radical (unpaired) electrons. The molecule has 7 nitrogen and oxygen atoms in total. The van der Waals surface area contributed by atoms with Gasteiger partial charge < -0.3 is 15.2 Å². The van der Waals surface area contributed by atoms with E-state index in [-0.39, 0.29) is 17.7 Å². The Kier molecular flexibility index (Phi) is 4.64. The van der Waals surface area contributed by atoms with Crippen molar-refractivity contribution in [3.8, 4) is 0 Å². The molecular formula is C19H27N5O2. The highest BCUT2D eigenvalue weighted by Gasteiger charge is 2.41. The second-order valence-electron chi connectivity index (χ2n) is 7.16. The molecule has 0 aliphatic carbocycles. The Hall–Kier alpha value is -2.57. The summed E-state index contributed by atoms with van der Waals surface area (Å²) < 4.78 is 3.91. The topological polar surface area (TPSA) is 86.2 Å². The van der Waals surface area contributed by atoms with Crippen LogP contribution < -0.4 is 5.73 Å². The van der Waals surface area contributed by atoms with Crippen molar-refractivity contribution in [3.63, 3.8) is 0 Å². The number of likely N-dealkylation sites (tertiary alicyclic amines) is 1. The van der Waals surface area contributed by atoms with Crippen LogP contribution in [0, 0.1) is 26.7 Å². The fourth-order valence-electron chi connectivity index (χ4n) is 4.13. The van der Waals surface area contributed by atoms with Gasteiger partial charge in [-0.1, -0.05) is 0 Å². The number of aryl methyl sites for hydroxylation is 2. The first kappa shape index (κ1) is 18.2. The number of rotatable bonds is 4. The van der Waals surface area contributed by atoms with E-state index < -0.39 is 5.92 Å². The molecule has 2 aromatic heterocycles. The summed E-state index contributed by atoms with van der Waals surface area (Å²) in [7, 11) is 1.87. The van der Waals surface area contributed by atoms with Gasteiger partial charge in [0.05, 0.1) is 17.7 Å². The van der Waals surface area contributed by atoms with Gasteiger partial charge in [-0.3, -0.25) is 14.3 Å². The minimum Gasteiger partial charge on any atom is -0.369 e. The highest BCUT2D eigenvalue weighted by atomic mass is 16.2. The molecule has 0 spiro atoms. The first-order valence-corrected chi connectivity index (χ1v) is 9.00. The summed E-state index contributed by atoms with van der Waals surface area (Å²) in [6, 6.07) is 1.93. The second-order valence-corrected chi connectivity index (χ2v) is 7.16. The predicted octanol–water partition coefficient (Wildman–Crippen LogP) is 1.51. The highest BCUT2D eigenvalue weighted by Crippen LogP contribution is 2.35. The Labute approximate surface area is 153 Å². The molecule has 2 N–H and O–H groups in total. The van der Waals surface area contributed by atoms with Crippen LogP contribution in [-0.2, 0) is 18.4 Å². The van der Waals surface area contributed by atoms with Gasteiger partial charge in [0.1, 0.15) is 0 Å². The van der Waals surface area contributed by atoms with Crippen molar-refractivity contribution in [1.29, 1.82) is 0 Å². The Morgan fingerprint density at radius 1 is 1.23 bits per heavy atom. The number of aromatic nitrogens is 3. The molecule has 3 heterocycles. The summed E-state index contributed by atoms with van der Waals surface area (Å²) in [5.74, 6) is -0.906. The Balaban J connectivity index is 1.92. The molecule has 26 heavy (non-hydrogen) atoms. The van der Waals surface area contributed by atoms with E-state index in [1.807, 2.05) is 33.9 Å². The van der Waals surface area contributed by atoms with Crippen LogP contribution >= 0.6 is 0 Å². The number of carbonyl (C=O) groups is 2. The van der Waals surface area contributed by atoms with E-state index >= 15 is 0 Å². The van der Waals surface area contributed by atoms with Crippen LogP contribution in [0.3, 0.4) is 0 Å². The number of carbonyl (C=O) groups excluding carboxylic acids is 2. The number of nitrogens with two attached hydrogens (primary N) is 1. The summed E-state index contributed by atoms with van der Waals surface area (Å²) in [5, 5.41) is 4.28. The molecule has 0 aromatic carbocycles. The predicted molar refractivity (Wildman–Crippen MR) is 98.9 cm³/mol. The molecule has 0 unspecified atom stereocenters. The number of primary amides is 1. The molecule has 2 aromatic rings. The summed E-state index contributed by atoms with van der Waals surface area (Å²) in [5.41, 5.74) is 10.4. The minimum atomic E-state index is -0.392. The lowest BCUT2D eigenvalue weighted by molar-refractivity contribution is -0.121. The molecule has 0 bridgehead atoms. The van der Waals surface area contributed by atoms with Gasteiger partial charge in [0, 0.05) is 49.7 Å². The van der Waals surface area contributed by atoms with Crippen LogP contribution in [0.15, 0.2) is 12.3 Å². The van der Waals surface area contributed by atoms with Crippen LogP contribution in [-0.4, -0.2) is 44.2 Å². The van der Waals surface area contributed by atoms with Crippen molar-refractivity contribution in [3.05, 3.63) is 40.5 Å². The summed E-state index contributed by atoms with van der Waals surface area (Å²) in [4.78, 5) is 26.9. The molecule has 1 fully saturated rings. The zero-order chi connectivity index (χ0) is 19.2. The van der Waals surface area contributed by atoms with Crippen LogP contribution in [0.25, 0.3) is 0 Å². The van der Waals surface area contributed by atoms with Gasteiger partial charge in [-0.25, -0.2) is 0 Å². The van der Waals surface area contributed by atoms with Gasteiger partial charge in [0.25, 0.3) is 5.91 Å². The number of hydrogen-bond acceptors (Lipinski definition) is 3. The Bertz CT molecular complexity index is 864. The van der Waals surface area contributed by atoms with Gasteiger partial charge >= 0.3 is 0 Å². The largest absolute Gasteiger partial charge is 0.369 e. The molecule has 0 saturated carbocycles. The summed E-state index contributed by atoms with van der Waals surface area (Å²) >= 11 is 0. The Morgan fingerprint density at radius 3 is 2.42 bits per heavy atom. The number of nitrogens with zero attached hydrogens (tertiary/aromatic N) is 4. The maximum Gasteiger partial charge on any atom is 0.255 e. The van der Waals surface area contributed by atoms with E-state index in [1.165, 1.54) is 0 Å². The van der Waals surface area contributed by atoms with E-state index in [1.54, 1.807) is 15.8 Å². The molecular weight excluding hydrogens is 330 g/mol. The van der Waals surface area contributed by atoms with Crippen LogP contribution in [0.5, 0.6) is 0 Å². The van der Waals surface area contributed by atoms with Crippen LogP contribution in [0.2, 0.25) is 0 Å². The third-order valence-corrected chi connectivity index (χ3v) is 5.77. The van der Waals surface area contributed by atoms with Crippen LogP contribution in [0.1, 0.15) is 45.8 Å². The lowest BCUT2D eigenvalue weighted by Crippen LogP contribution is -2.32. The first-order chi connectivity index (χ1) is 12.3. The molecule has 1 aliphatic heterocycles. The minimum absolute atomic E-state index is 0.0342. The number of amides is 2. The zero-order valence-corrected chi connectivity index (χ0v) is 16.1. The molecule has 1 aliphatic rings. The van der Waals surface area contributed by atoms with E-state index in [9.17, 15) is 9.59 Å². The van der Waals surface area contributed by atoms with Crippen molar-refractivity contribution >= 4 is 11.8 Å². The summed E-state index contributed by atoms with van der Waals surface area (Å²) in [6.07, 6.45) is 1.78. The van der Waals surface area contributed by atoms with Crippen molar-refractivity contribution in [2.24, 2.45) is 18.7 Å². The molecule has 2 atom stereocenters. The smallest absolute Gasteiger partial charge is 0.255 e. The lowest BCUT2D eigenvalue weighted by atomic mass is 9.89. The molecule has 7 heteroatoms. The standard InChI is InChI=1S/C19H27N5O2/c1-6-24-11(2)7-14(13(24)4)19(26)23-9-16(17(10-23)18(20)25)15-8-21-22(5)12(15)3/h7-8,16-17H,6,9-10H2,1-5H3,(H2,20,25)/t16-,17+/m1/s1. The zero-order valence-electron chi connectivity index (χ0n) is 16.1. The third-order valence-electron chi connectivity index (χ3n) is 5.77. The third kappa shape index (κ3) is 2.81. The lowest BCUT2D eigenvalue weighted by Gasteiger charge is -2.16. The number of hydrogen-bond donors (Lipinski definition) is 1. The fourth-order valence-corrected chi connectivity index (χ4v) is 4.13. The van der Waals surface area contributed by atoms with Gasteiger partial charge in [0.2, 0.25) is 5.91 Å². The van der Waals surface area contributed by atoms with Crippen molar-refractivity contribution < 1.29 is 9.59 Å². The first-order valence-electron chi connectivity index (χ1n) is 9.00. The molecule has 2 amide bonds. The van der Waals surface area contributed by atoms with Gasteiger partial charge in [-0.05, 0) is 39.3 Å². The SMILES string of the molecule is CCn1c(C)cc(C(=O)N2C[C@H](C(N)=O)[C@@H](c3cnn(C)c3C)C2)c1C. The van der Waals surface area contributed by atoms with Crippen molar-refractivity contribution in [2.75, 3.05) is 13.1 Å². The van der Waals surface area contributed by atoms with E-state index in [2.05, 4.69) is 16.6 Å². The van der Waals surface area contributed by atoms with Gasteiger partial charge in [0.15, 0.2) is 0 Å². The summed E-state index contributed by atoms with van der Waals surface area (Å²) in [6.45, 7) is 9.66. The average molecular weight is 357 g/mol. The fraction of sp³-hybridized carbons (Fsp3) is 0.526. The maximum absolute atomic E-state index is 13.1. The van der Waals surface area contributed by atoms with Crippen molar-refractivity contribution in [1.82, 2.24) is 19.2 Å². The average Bonchev–Trinajstić information content (AvgIpc) is 3.24. The van der Waals surface area contributed by atoms with Gasteiger partial charge in [-0.2, -0.15) is 5.10 Å². The maximum atomic E-state index is 13.1. The quantitative estimate of drug-likeness (QED) is 0.900.